The molecule has 0 bridgehead atoms. The molecule has 1 N–H and O–H groups in total. The Morgan fingerprint density at radius 1 is 1.57 bits per heavy atom. The van der Waals surface area contributed by atoms with E-state index in [1.165, 1.54) is 0 Å². The molecule has 1 heterocycles. The number of carboxylic acids is 1. The van der Waals surface area contributed by atoms with Crippen molar-refractivity contribution in [1.29, 1.82) is 0 Å². The number of rotatable bonds is 3. The summed E-state index contributed by atoms with van der Waals surface area (Å²) in [4.78, 5) is 23.8. The Bertz CT molecular complexity index is 232. The molecule has 1 rings (SSSR count). The minimum absolute atomic E-state index is 0.0663. The van der Waals surface area contributed by atoms with Crippen molar-refractivity contribution in [3.05, 3.63) is 0 Å². The monoisotopic (exact) mass is 217 g/mol. The van der Waals surface area contributed by atoms with Gasteiger partial charge >= 0.3 is 5.97 Å². The molecule has 0 spiro atoms. The average molecular weight is 217 g/mol. The number of hydrogen-bond donors (Lipinski definition) is 1. The molecule has 5 heteroatoms. The van der Waals surface area contributed by atoms with E-state index in [2.05, 4.69) is 0 Å². The van der Waals surface area contributed by atoms with Crippen molar-refractivity contribution in [2.24, 2.45) is 0 Å². The van der Waals surface area contributed by atoms with E-state index in [1.807, 2.05) is 6.92 Å². The van der Waals surface area contributed by atoms with Gasteiger partial charge in [-0.15, -0.1) is 0 Å². The number of carbonyl (C=O) groups is 2. The van der Waals surface area contributed by atoms with Gasteiger partial charge in [-0.3, -0.25) is 9.59 Å². The number of aliphatic carboxylic acids is 1. The van der Waals surface area contributed by atoms with E-state index in [4.69, 9.17) is 5.11 Å². The molecule has 1 saturated heterocycles. The fraction of sp³-hybridized carbons (Fsp3) is 0.778. The van der Waals surface area contributed by atoms with E-state index < -0.39 is 5.97 Å². The number of carboxylic acid groups (broad SMARTS) is 1. The zero-order valence-electron chi connectivity index (χ0n) is 8.23. The van der Waals surface area contributed by atoms with Crippen molar-refractivity contribution in [2.75, 3.05) is 18.1 Å². The number of amides is 1. The van der Waals surface area contributed by atoms with Crippen LogP contribution in [0.5, 0.6) is 0 Å². The van der Waals surface area contributed by atoms with Gasteiger partial charge in [-0.1, -0.05) is 6.92 Å². The van der Waals surface area contributed by atoms with E-state index in [1.54, 1.807) is 16.7 Å². The summed E-state index contributed by atoms with van der Waals surface area (Å²) in [5.74, 6) is 0.905. The third-order valence-electron chi connectivity index (χ3n) is 2.26. The van der Waals surface area contributed by atoms with Crippen molar-refractivity contribution < 1.29 is 14.7 Å². The molecule has 0 saturated carbocycles. The lowest BCUT2D eigenvalue weighted by Gasteiger charge is -2.34. The first kappa shape index (κ1) is 11.4. The van der Waals surface area contributed by atoms with Gasteiger partial charge in [-0.25, -0.2) is 0 Å². The van der Waals surface area contributed by atoms with Crippen LogP contribution in [0.3, 0.4) is 0 Å². The first-order valence-corrected chi connectivity index (χ1v) is 5.89. The summed E-state index contributed by atoms with van der Waals surface area (Å²) in [6.45, 7) is 2.50. The first-order valence-electron chi connectivity index (χ1n) is 4.74. The Balaban J connectivity index is 2.58. The molecule has 1 amide bonds. The third-order valence-corrected chi connectivity index (χ3v) is 3.35. The van der Waals surface area contributed by atoms with E-state index in [-0.39, 0.29) is 18.4 Å². The van der Waals surface area contributed by atoms with Gasteiger partial charge in [-0.05, 0) is 0 Å². The highest BCUT2D eigenvalue weighted by molar-refractivity contribution is 7.99. The summed E-state index contributed by atoms with van der Waals surface area (Å²) >= 11 is 1.72. The Labute approximate surface area is 87.7 Å². The van der Waals surface area contributed by atoms with Gasteiger partial charge in [0.15, 0.2) is 0 Å². The molecule has 0 aromatic rings. The zero-order chi connectivity index (χ0) is 10.6. The second-order valence-corrected chi connectivity index (χ2v) is 4.42. The van der Waals surface area contributed by atoms with Gasteiger partial charge in [0.25, 0.3) is 0 Å². The molecule has 1 aliphatic rings. The Morgan fingerprint density at radius 2 is 2.29 bits per heavy atom. The minimum Gasteiger partial charge on any atom is -0.481 e. The third kappa shape index (κ3) is 2.90. The topological polar surface area (TPSA) is 57.6 Å². The minimum atomic E-state index is -0.827. The van der Waals surface area contributed by atoms with Gasteiger partial charge in [0.1, 0.15) is 0 Å². The van der Waals surface area contributed by atoms with E-state index in [0.717, 1.165) is 11.5 Å². The average Bonchev–Trinajstić information content (AvgIpc) is 2.16. The second kappa shape index (κ2) is 5.24. The molecule has 1 atom stereocenters. The fourth-order valence-electron chi connectivity index (χ4n) is 1.56. The molecule has 4 nitrogen and oxygen atoms in total. The highest BCUT2D eigenvalue weighted by atomic mass is 32.2. The Morgan fingerprint density at radius 3 is 2.86 bits per heavy atom. The van der Waals surface area contributed by atoms with Crippen molar-refractivity contribution in [3.8, 4) is 0 Å². The molecule has 0 aliphatic carbocycles. The van der Waals surface area contributed by atoms with Crippen LogP contribution in [0, 0.1) is 0 Å². The van der Waals surface area contributed by atoms with Crippen molar-refractivity contribution in [2.45, 2.75) is 25.8 Å². The maximum atomic E-state index is 11.5. The van der Waals surface area contributed by atoms with Crippen LogP contribution in [-0.4, -0.2) is 46.0 Å². The largest absolute Gasteiger partial charge is 0.481 e. The van der Waals surface area contributed by atoms with Crippen LogP contribution >= 0.6 is 11.8 Å². The normalized spacial score (nSPS) is 22.1. The number of nitrogens with zero attached hydrogens (tertiary/aromatic N) is 1. The van der Waals surface area contributed by atoms with Gasteiger partial charge in [0.2, 0.25) is 5.91 Å². The number of thioether (sulfide) groups is 1. The molecule has 1 unspecified atom stereocenters. The van der Waals surface area contributed by atoms with Crippen LogP contribution in [0.25, 0.3) is 0 Å². The van der Waals surface area contributed by atoms with Crippen LogP contribution in [0.15, 0.2) is 0 Å². The summed E-state index contributed by atoms with van der Waals surface area (Å²) in [6.07, 6.45) is 0.527. The van der Waals surface area contributed by atoms with Crippen LogP contribution in [0.2, 0.25) is 0 Å². The highest BCUT2D eigenvalue weighted by Crippen LogP contribution is 2.19. The molecule has 80 valence electrons. The van der Waals surface area contributed by atoms with Crippen LogP contribution in [0.1, 0.15) is 19.8 Å². The van der Waals surface area contributed by atoms with E-state index in [9.17, 15) is 9.59 Å². The van der Waals surface area contributed by atoms with Gasteiger partial charge in [-0.2, -0.15) is 11.8 Å². The van der Waals surface area contributed by atoms with E-state index >= 15 is 0 Å². The highest BCUT2D eigenvalue weighted by Gasteiger charge is 2.27. The quantitative estimate of drug-likeness (QED) is 0.760. The first-order chi connectivity index (χ1) is 6.65. The van der Waals surface area contributed by atoms with Crippen molar-refractivity contribution in [1.82, 2.24) is 4.90 Å². The molecule has 0 aromatic heterocycles. The lowest BCUT2D eigenvalue weighted by atomic mass is 10.2. The number of carbonyl (C=O) groups excluding carboxylic acids is 1. The van der Waals surface area contributed by atoms with Crippen LogP contribution in [0.4, 0.5) is 0 Å². The van der Waals surface area contributed by atoms with E-state index in [0.29, 0.717) is 13.0 Å². The zero-order valence-corrected chi connectivity index (χ0v) is 9.05. The molecule has 14 heavy (non-hydrogen) atoms. The Hall–Kier alpha value is -0.710. The van der Waals surface area contributed by atoms with Gasteiger partial charge in [0, 0.05) is 24.5 Å². The van der Waals surface area contributed by atoms with Crippen molar-refractivity contribution in [3.63, 3.8) is 0 Å². The summed E-state index contributed by atoms with van der Waals surface area (Å²) in [5.41, 5.74) is 0. The SMILES string of the molecule is CCC(=O)N1CCSCC1CC(=O)O. The lowest BCUT2D eigenvalue weighted by Crippen LogP contribution is -2.46. The molecule has 0 radical (unpaired) electrons. The maximum absolute atomic E-state index is 11.5. The van der Waals surface area contributed by atoms with Crippen LogP contribution in [-0.2, 0) is 9.59 Å². The second-order valence-electron chi connectivity index (χ2n) is 3.27. The van der Waals surface area contributed by atoms with Crippen LogP contribution < -0.4 is 0 Å². The summed E-state index contributed by atoms with van der Waals surface area (Å²) in [6, 6.07) is -0.112. The van der Waals surface area contributed by atoms with Gasteiger partial charge < -0.3 is 10.0 Å². The molecular weight excluding hydrogens is 202 g/mol. The summed E-state index contributed by atoms with van der Waals surface area (Å²) in [5, 5.41) is 8.69. The molecule has 0 aromatic carbocycles. The fourth-order valence-corrected chi connectivity index (χ4v) is 2.62. The van der Waals surface area contributed by atoms with Gasteiger partial charge in [0.05, 0.1) is 12.5 Å². The standard InChI is InChI=1S/C9H15NO3S/c1-2-8(11)10-3-4-14-6-7(10)5-9(12)13/h7H,2-6H2,1H3,(H,12,13). The molecule has 1 aliphatic heterocycles. The lowest BCUT2D eigenvalue weighted by molar-refractivity contribution is -0.140. The smallest absolute Gasteiger partial charge is 0.305 e. The molecular formula is C9H15NO3S. The predicted molar refractivity (Wildman–Crippen MR) is 55.4 cm³/mol. The van der Waals surface area contributed by atoms with Crippen molar-refractivity contribution >= 4 is 23.6 Å². The predicted octanol–water partition coefficient (Wildman–Crippen LogP) is 0.815. The number of hydrogen-bond acceptors (Lipinski definition) is 3. The Kier molecular flexibility index (Phi) is 4.25. The summed E-state index contributed by atoms with van der Waals surface area (Å²) in [7, 11) is 0. The molecule has 1 fully saturated rings. The maximum Gasteiger partial charge on any atom is 0.305 e. The summed E-state index contributed by atoms with van der Waals surface area (Å²) < 4.78 is 0.